The van der Waals surface area contributed by atoms with Gasteiger partial charge in [0.1, 0.15) is 0 Å². The van der Waals surface area contributed by atoms with Crippen LogP contribution in [0, 0.1) is 5.92 Å². The molecule has 1 saturated carbocycles. The van der Waals surface area contributed by atoms with Crippen LogP contribution in [0.15, 0.2) is 12.4 Å². The van der Waals surface area contributed by atoms with Gasteiger partial charge >= 0.3 is 0 Å². The van der Waals surface area contributed by atoms with Crippen molar-refractivity contribution in [1.29, 1.82) is 0 Å². The Morgan fingerprint density at radius 3 is 2.83 bits per heavy atom. The van der Waals surface area contributed by atoms with Crippen LogP contribution in [-0.4, -0.2) is 21.0 Å². The van der Waals surface area contributed by atoms with E-state index in [-0.39, 0.29) is 6.10 Å². The Kier molecular flexibility index (Phi) is 5.24. The second kappa shape index (κ2) is 6.93. The lowest BCUT2D eigenvalue weighted by molar-refractivity contribution is 0.149. The van der Waals surface area contributed by atoms with Crippen LogP contribution in [0.2, 0.25) is 0 Å². The van der Waals surface area contributed by atoms with E-state index in [1.54, 1.807) is 0 Å². The first-order valence-corrected chi connectivity index (χ1v) is 7.47. The molecule has 0 amide bonds. The van der Waals surface area contributed by atoms with Crippen molar-refractivity contribution < 1.29 is 5.11 Å². The van der Waals surface area contributed by atoms with Crippen molar-refractivity contribution in [3.05, 3.63) is 18.0 Å². The highest BCUT2D eigenvalue weighted by Crippen LogP contribution is 2.28. The Bertz CT molecular complexity index is 342. The van der Waals surface area contributed by atoms with Crippen LogP contribution in [0.25, 0.3) is 0 Å². The molecule has 0 aromatic carbocycles. The minimum absolute atomic E-state index is 0.193. The fourth-order valence-corrected chi connectivity index (χ4v) is 2.96. The number of nitrogens with zero attached hydrogens (tertiary/aromatic N) is 2. The molecule has 102 valence electrons. The van der Waals surface area contributed by atoms with E-state index in [9.17, 15) is 5.11 Å². The van der Waals surface area contributed by atoms with Crippen LogP contribution in [0.1, 0.15) is 57.4 Å². The van der Waals surface area contributed by atoms with Crippen molar-refractivity contribution in [3.63, 3.8) is 0 Å². The summed E-state index contributed by atoms with van der Waals surface area (Å²) >= 11 is 0. The topological polar surface area (TPSA) is 38.0 Å². The molecule has 0 bridgehead atoms. The molecule has 1 aromatic rings. The molecule has 18 heavy (non-hydrogen) atoms. The second-order valence-corrected chi connectivity index (χ2v) is 5.64. The van der Waals surface area contributed by atoms with Crippen molar-refractivity contribution >= 4 is 0 Å². The number of rotatable bonds is 6. The van der Waals surface area contributed by atoms with Crippen molar-refractivity contribution in [1.82, 2.24) is 9.78 Å². The zero-order valence-corrected chi connectivity index (χ0v) is 11.5. The van der Waals surface area contributed by atoms with Gasteiger partial charge in [-0.2, -0.15) is 5.10 Å². The summed E-state index contributed by atoms with van der Waals surface area (Å²) in [6.45, 7) is 2.98. The highest BCUT2D eigenvalue weighted by molar-refractivity contribution is 5.05. The van der Waals surface area contributed by atoms with Gasteiger partial charge in [-0.1, -0.05) is 32.1 Å². The Balaban J connectivity index is 1.69. The fourth-order valence-electron chi connectivity index (χ4n) is 2.96. The average Bonchev–Trinajstić information content (AvgIpc) is 2.85. The van der Waals surface area contributed by atoms with Crippen LogP contribution in [-0.2, 0) is 13.0 Å². The van der Waals surface area contributed by atoms with E-state index in [4.69, 9.17) is 0 Å². The average molecular weight is 250 g/mol. The van der Waals surface area contributed by atoms with Gasteiger partial charge in [0.2, 0.25) is 0 Å². The maximum atomic E-state index is 10.1. The standard InChI is InChI=1S/C15H26N2O/c1-2-17-12-14(11-16-17)10-15(18)9-8-13-6-4-3-5-7-13/h11-13,15,18H,2-10H2,1H3. The van der Waals surface area contributed by atoms with E-state index in [2.05, 4.69) is 12.0 Å². The molecular weight excluding hydrogens is 224 g/mol. The van der Waals surface area contributed by atoms with Crippen LogP contribution in [0.5, 0.6) is 0 Å². The molecule has 3 heteroatoms. The number of aliphatic hydroxyl groups is 1. The molecular formula is C15H26N2O. The molecule has 0 radical (unpaired) electrons. The lowest BCUT2D eigenvalue weighted by atomic mass is 9.85. The van der Waals surface area contributed by atoms with Gasteiger partial charge in [0.25, 0.3) is 0 Å². The monoisotopic (exact) mass is 250 g/mol. The second-order valence-electron chi connectivity index (χ2n) is 5.64. The van der Waals surface area contributed by atoms with Crippen LogP contribution >= 0.6 is 0 Å². The molecule has 2 rings (SSSR count). The van der Waals surface area contributed by atoms with Crippen molar-refractivity contribution in [2.24, 2.45) is 5.92 Å². The molecule has 1 N–H and O–H groups in total. The molecule has 1 atom stereocenters. The largest absolute Gasteiger partial charge is 0.393 e. The predicted molar refractivity (Wildman–Crippen MR) is 73.4 cm³/mol. The number of aliphatic hydroxyl groups excluding tert-OH is 1. The fraction of sp³-hybridized carbons (Fsp3) is 0.800. The van der Waals surface area contributed by atoms with Gasteiger partial charge in [0.05, 0.1) is 12.3 Å². The van der Waals surface area contributed by atoms with Gasteiger partial charge in [-0.15, -0.1) is 0 Å². The number of aryl methyl sites for hydroxylation is 1. The normalized spacial score (nSPS) is 19.0. The third-order valence-corrected chi connectivity index (χ3v) is 4.11. The highest BCUT2D eigenvalue weighted by atomic mass is 16.3. The number of aromatic nitrogens is 2. The van der Waals surface area contributed by atoms with E-state index in [1.807, 2.05) is 17.1 Å². The van der Waals surface area contributed by atoms with Crippen molar-refractivity contribution in [2.45, 2.75) is 70.9 Å². The first kappa shape index (κ1) is 13.6. The van der Waals surface area contributed by atoms with Gasteiger partial charge < -0.3 is 5.11 Å². The zero-order valence-electron chi connectivity index (χ0n) is 11.5. The first-order valence-electron chi connectivity index (χ1n) is 7.47. The number of hydrogen-bond donors (Lipinski definition) is 1. The van der Waals surface area contributed by atoms with Gasteiger partial charge in [-0.05, 0) is 31.2 Å². The summed E-state index contributed by atoms with van der Waals surface area (Å²) in [6, 6.07) is 0. The van der Waals surface area contributed by atoms with Crippen LogP contribution < -0.4 is 0 Å². The highest BCUT2D eigenvalue weighted by Gasteiger charge is 2.15. The smallest absolute Gasteiger partial charge is 0.0581 e. The molecule has 0 spiro atoms. The molecule has 1 unspecified atom stereocenters. The minimum atomic E-state index is -0.193. The maximum Gasteiger partial charge on any atom is 0.0581 e. The summed E-state index contributed by atoms with van der Waals surface area (Å²) in [5, 5.41) is 14.3. The third-order valence-electron chi connectivity index (χ3n) is 4.11. The molecule has 0 aliphatic heterocycles. The van der Waals surface area contributed by atoms with Gasteiger partial charge in [-0.25, -0.2) is 0 Å². The maximum absolute atomic E-state index is 10.1. The van der Waals surface area contributed by atoms with E-state index in [1.165, 1.54) is 38.5 Å². The van der Waals surface area contributed by atoms with Gasteiger partial charge in [-0.3, -0.25) is 4.68 Å². The first-order chi connectivity index (χ1) is 8.78. The number of hydrogen-bond acceptors (Lipinski definition) is 2. The van der Waals surface area contributed by atoms with E-state index in [0.29, 0.717) is 0 Å². The summed E-state index contributed by atoms with van der Waals surface area (Å²) in [4.78, 5) is 0. The molecule has 3 nitrogen and oxygen atoms in total. The minimum Gasteiger partial charge on any atom is -0.393 e. The summed E-state index contributed by atoms with van der Waals surface area (Å²) in [7, 11) is 0. The molecule has 1 aliphatic rings. The van der Waals surface area contributed by atoms with E-state index >= 15 is 0 Å². The summed E-state index contributed by atoms with van der Waals surface area (Å²) in [6.07, 6.45) is 13.6. The van der Waals surface area contributed by atoms with Gasteiger partial charge in [0.15, 0.2) is 0 Å². The predicted octanol–water partition coefficient (Wildman–Crippen LogP) is 3.17. The van der Waals surface area contributed by atoms with Gasteiger partial charge in [0, 0.05) is 19.2 Å². The molecule has 1 heterocycles. The van der Waals surface area contributed by atoms with E-state index < -0.39 is 0 Å². The van der Waals surface area contributed by atoms with Crippen LogP contribution in [0.4, 0.5) is 0 Å². The van der Waals surface area contributed by atoms with E-state index in [0.717, 1.165) is 30.9 Å². The SMILES string of the molecule is CCn1cc(CC(O)CCC2CCCCC2)cn1. The summed E-state index contributed by atoms with van der Waals surface area (Å²) < 4.78 is 1.92. The Morgan fingerprint density at radius 2 is 2.17 bits per heavy atom. The Labute approximate surface area is 110 Å². The van der Waals surface area contributed by atoms with Crippen molar-refractivity contribution in [3.8, 4) is 0 Å². The molecule has 1 aliphatic carbocycles. The zero-order chi connectivity index (χ0) is 12.8. The molecule has 1 fully saturated rings. The third kappa shape index (κ3) is 4.13. The van der Waals surface area contributed by atoms with Crippen molar-refractivity contribution in [2.75, 3.05) is 0 Å². The summed E-state index contributed by atoms with van der Waals surface area (Å²) in [5.74, 6) is 0.867. The quantitative estimate of drug-likeness (QED) is 0.842. The Hall–Kier alpha value is -0.830. The summed E-state index contributed by atoms with van der Waals surface area (Å²) in [5.41, 5.74) is 1.16. The molecule has 0 saturated heterocycles. The lowest BCUT2D eigenvalue weighted by Crippen LogP contribution is -2.14. The van der Waals surface area contributed by atoms with Crippen LogP contribution in [0.3, 0.4) is 0 Å². The lowest BCUT2D eigenvalue weighted by Gasteiger charge is -2.22. The molecule has 1 aromatic heterocycles. The Morgan fingerprint density at radius 1 is 1.39 bits per heavy atom.